The Kier molecular flexibility index (Phi) is 3.14. The number of benzene rings is 1. The van der Waals surface area contributed by atoms with Gasteiger partial charge in [0.15, 0.2) is 0 Å². The number of nitrogens with two attached hydrogens (primary N) is 1. The van der Waals surface area contributed by atoms with Crippen LogP contribution in [-0.2, 0) is 0 Å². The first kappa shape index (κ1) is 9.86. The number of fused-ring (bicyclic) bond motifs is 1. The summed E-state index contributed by atoms with van der Waals surface area (Å²) >= 11 is 0. The minimum atomic E-state index is -0.326. The second-order valence-corrected chi connectivity index (χ2v) is 2.59. The topological polar surface area (TPSA) is 38.5 Å². The fourth-order valence-electron chi connectivity index (χ4n) is 1.19. The van der Waals surface area contributed by atoms with Crippen LogP contribution in [0.5, 0.6) is 5.75 Å². The molecule has 2 rings (SSSR count). The van der Waals surface area contributed by atoms with Gasteiger partial charge >= 0.3 is 0 Å². The fraction of sp³-hybridized carbons (Fsp3) is 0.400. The number of para-hydroxylation sites is 2. The van der Waals surface area contributed by atoms with E-state index in [1.165, 1.54) is 0 Å². The van der Waals surface area contributed by atoms with E-state index in [0.717, 1.165) is 11.4 Å². The van der Waals surface area contributed by atoms with E-state index in [-0.39, 0.29) is 6.35 Å². The molecular formula is C10H16N2O. The second-order valence-electron chi connectivity index (χ2n) is 2.59. The van der Waals surface area contributed by atoms with Crippen LogP contribution in [-0.4, -0.2) is 13.4 Å². The zero-order valence-corrected chi connectivity index (χ0v) is 8.32. The summed E-state index contributed by atoms with van der Waals surface area (Å²) in [6.45, 7) is 4.00. The summed E-state index contributed by atoms with van der Waals surface area (Å²) in [7, 11) is 1.91. The summed E-state index contributed by atoms with van der Waals surface area (Å²) < 4.78 is 5.32. The molecule has 3 heteroatoms. The highest BCUT2D eigenvalue weighted by Crippen LogP contribution is 2.33. The summed E-state index contributed by atoms with van der Waals surface area (Å²) in [5.74, 6) is 0.863. The number of hydrogen-bond acceptors (Lipinski definition) is 3. The standard InChI is InChI=1S/C8H10N2O.C2H6/c1-10-6-4-2-3-5-7(6)11-8(10)9;1-2/h2-5,8H,9H2,1H3;1-2H3. The Morgan fingerprint density at radius 2 is 1.92 bits per heavy atom. The molecule has 13 heavy (non-hydrogen) atoms. The lowest BCUT2D eigenvalue weighted by Crippen LogP contribution is -2.39. The van der Waals surface area contributed by atoms with Gasteiger partial charge < -0.3 is 9.64 Å². The van der Waals surface area contributed by atoms with Crippen molar-refractivity contribution >= 4 is 5.69 Å². The Bertz CT molecular complexity index is 275. The number of rotatable bonds is 0. The van der Waals surface area contributed by atoms with E-state index in [4.69, 9.17) is 10.5 Å². The van der Waals surface area contributed by atoms with Crippen molar-refractivity contribution in [3.05, 3.63) is 24.3 Å². The molecule has 0 aliphatic carbocycles. The van der Waals surface area contributed by atoms with Gasteiger partial charge in [-0.25, -0.2) is 0 Å². The maximum absolute atomic E-state index is 5.63. The normalized spacial score (nSPS) is 18.5. The molecule has 0 saturated heterocycles. The van der Waals surface area contributed by atoms with Crippen molar-refractivity contribution in [1.82, 2.24) is 0 Å². The Morgan fingerprint density at radius 1 is 1.31 bits per heavy atom. The molecule has 1 unspecified atom stereocenters. The van der Waals surface area contributed by atoms with Crippen LogP contribution in [0.1, 0.15) is 13.8 Å². The third-order valence-electron chi connectivity index (χ3n) is 1.87. The summed E-state index contributed by atoms with van der Waals surface area (Å²) in [4.78, 5) is 1.90. The first-order chi connectivity index (χ1) is 6.29. The van der Waals surface area contributed by atoms with E-state index in [2.05, 4.69) is 0 Å². The van der Waals surface area contributed by atoms with Gasteiger partial charge in [0.2, 0.25) is 6.35 Å². The van der Waals surface area contributed by atoms with Gasteiger partial charge in [-0.3, -0.25) is 5.73 Å². The van der Waals surface area contributed by atoms with Gasteiger partial charge in [0.1, 0.15) is 5.75 Å². The molecule has 1 aromatic rings. The Labute approximate surface area is 79.1 Å². The molecule has 3 nitrogen and oxygen atoms in total. The van der Waals surface area contributed by atoms with Crippen molar-refractivity contribution in [2.24, 2.45) is 5.73 Å². The summed E-state index contributed by atoms with van der Waals surface area (Å²) in [5, 5.41) is 0. The molecule has 0 amide bonds. The van der Waals surface area contributed by atoms with Crippen LogP contribution in [0.3, 0.4) is 0 Å². The lowest BCUT2D eigenvalue weighted by molar-refractivity contribution is 0.238. The maximum atomic E-state index is 5.63. The molecule has 0 aromatic heterocycles. The minimum absolute atomic E-state index is 0.326. The third-order valence-corrected chi connectivity index (χ3v) is 1.87. The van der Waals surface area contributed by atoms with Gasteiger partial charge in [0, 0.05) is 7.05 Å². The third kappa shape index (κ3) is 1.75. The first-order valence-corrected chi connectivity index (χ1v) is 4.53. The maximum Gasteiger partial charge on any atom is 0.227 e. The van der Waals surface area contributed by atoms with Crippen LogP contribution in [0.2, 0.25) is 0 Å². The first-order valence-electron chi connectivity index (χ1n) is 4.53. The molecule has 72 valence electrons. The average molecular weight is 180 g/mol. The monoisotopic (exact) mass is 180 g/mol. The highest BCUT2D eigenvalue weighted by molar-refractivity contribution is 5.61. The molecule has 1 atom stereocenters. The van der Waals surface area contributed by atoms with Crippen molar-refractivity contribution in [3.8, 4) is 5.75 Å². The molecule has 0 bridgehead atoms. The predicted molar refractivity (Wildman–Crippen MR) is 54.8 cm³/mol. The predicted octanol–water partition coefficient (Wildman–Crippen LogP) is 1.78. The van der Waals surface area contributed by atoms with Gasteiger partial charge in [-0.1, -0.05) is 26.0 Å². The van der Waals surface area contributed by atoms with Crippen molar-refractivity contribution in [2.75, 3.05) is 11.9 Å². The van der Waals surface area contributed by atoms with Crippen molar-refractivity contribution in [1.29, 1.82) is 0 Å². The fourth-order valence-corrected chi connectivity index (χ4v) is 1.19. The molecule has 1 heterocycles. The molecule has 0 spiro atoms. The zero-order valence-electron chi connectivity index (χ0n) is 8.32. The van der Waals surface area contributed by atoms with E-state index in [1.54, 1.807) is 0 Å². The smallest absolute Gasteiger partial charge is 0.227 e. The molecule has 1 aromatic carbocycles. The molecule has 1 aliphatic rings. The lowest BCUT2D eigenvalue weighted by Gasteiger charge is -2.14. The lowest BCUT2D eigenvalue weighted by atomic mass is 10.3. The molecular weight excluding hydrogens is 164 g/mol. The summed E-state index contributed by atoms with van der Waals surface area (Å²) in [5.41, 5.74) is 6.69. The molecule has 0 fully saturated rings. The molecule has 2 N–H and O–H groups in total. The summed E-state index contributed by atoms with van der Waals surface area (Å²) in [6.07, 6.45) is -0.326. The van der Waals surface area contributed by atoms with Crippen LogP contribution >= 0.6 is 0 Å². The largest absolute Gasteiger partial charge is 0.455 e. The van der Waals surface area contributed by atoms with Gasteiger partial charge in [-0.15, -0.1) is 0 Å². The number of ether oxygens (including phenoxy) is 1. The van der Waals surface area contributed by atoms with Gasteiger partial charge in [-0.2, -0.15) is 0 Å². The average Bonchev–Trinajstić information content (AvgIpc) is 2.47. The van der Waals surface area contributed by atoms with Crippen LogP contribution in [0, 0.1) is 0 Å². The number of nitrogens with zero attached hydrogens (tertiary/aromatic N) is 1. The molecule has 0 radical (unpaired) electrons. The Morgan fingerprint density at radius 3 is 2.54 bits per heavy atom. The SMILES string of the molecule is CC.CN1c2ccccc2OC1N. The minimum Gasteiger partial charge on any atom is -0.455 e. The molecule has 0 saturated carbocycles. The number of anilines is 1. The van der Waals surface area contributed by atoms with E-state index >= 15 is 0 Å². The summed E-state index contributed by atoms with van der Waals surface area (Å²) in [6, 6.07) is 7.81. The van der Waals surface area contributed by atoms with Crippen LogP contribution in [0.25, 0.3) is 0 Å². The number of hydrogen-bond donors (Lipinski definition) is 1. The van der Waals surface area contributed by atoms with E-state index in [1.807, 2.05) is 50.1 Å². The Balaban J connectivity index is 0.000000396. The highest BCUT2D eigenvalue weighted by Gasteiger charge is 2.23. The molecule has 1 aliphatic heterocycles. The second kappa shape index (κ2) is 4.14. The van der Waals surface area contributed by atoms with Gasteiger partial charge in [0.25, 0.3) is 0 Å². The van der Waals surface area contributed by atoms with E-state index in [0.29, 0.717) is 0 Å². The van der Waals surface area contributed by atoms with Crippen molar-refractivity contribution in [2.45, 2.75) is 20.2 Å². The van der Waals surface area contributed by atoms with Crippen LogP contribution < -0.4 is 15.4 Å². The zero-order chi connectivity index (χ0) is 9.84. The van der Waals surface area contributed by atoms with Gasteiger partial charge in [-0.05, 0) is 12.1 Å². The van der Waals surface area contributed by atoms with Gasteiger partial charge in [0.05, 0.1) is 5.69 Å². The van der Waals surface area contributed by atoms with Crippen molar-refractivity contribution < 1.29 is 4.74 Å². The van der Waals surface area contributed by atoms with Crippen LogP contribution in [0.4, 0.5) is 5.69 Å². The van der Waals surface area contributed by atoms with E-state index in [9.17, 15) is 0 Å². The van der Waals surface area contributed by atoms with Crippen LogP contribution in [0.15, 0.2) is 24.3 Å². The highest BCUT2D eigenvalue weighted by atomic mass is 16.5. The Hall–Kier alpha value is -1.22. The van der Waals surface area contributed by atoms with Crippen molar-refractivity contribution in [3.63, 3.8) is 0 Å². The quantitative estimate of drug-likeness (QED) is 0.661. The van der Waals surface area contributed by atoms with E-state index < -0.39 is 0 Å².